The summed E-state index contributed by atoms with van der Waals surface area (Å²) in [5, 5.41) is 3.14. The SMILES string of the molecule is CCNCc1cc(S(=O)(=O)NCCCSC)c[nH]1. The minimum Gasteiger partial charge on any atom is -0.363 e. The summed E-state index contributed by atoms with van der Waals surface area (Å²) in [4.78, 5) is 3.27. The predicted molar refractivity (Wildman–Crippen MR) is 76.4 cm³/mol. The summed E-state index contributed by atoms with van der Waals surface area (Å²) in [5.41, 5.74) is 0.876. The van der Waals surface area contributed by atoms with Crippen LogP contribution in [0.25, 0.3) is 0 Å². The Morgan fingerprint density at radius 3 is 2.89 bits per heavy atom. The molecule has 1 aromatic rings. The van der Waals surface area contributed by atoms with Gasteiger partial charge in [0.25, 0.3) is 0 Å². The smallest absolute Gasteiger partial charge is 0.242 e. The molecule has 0 aliphatic heterocycles. The van der Waals surface area contributed by atoms with Gasteiger partial charge in [-0.25, -0.2) is 13.1 Å². The van der Waals surface area contributed by atoms with E-state index in [4.69, 9.17) is 0 Å². The van der Waals surface area contributed by atoms with Crippen molar-refractivity contribution >= 4 is 21.8 Å². The van der Waals surface area contributed by atoms with Crippen molar-refractivity contribution in [2.45, 2.75) is 24.8 Å². The van der Waals surface area contributed by atoms with E-state index in [0.717, 1.165) is 24.4 Å². The molecular weight excluding hydrogens is 270 g/mol. The molecule has 1 aromatic heterocycles. The highest BCUT2D eigenvalue weighted by molar-refractivity contribution is 7.98. The fourth-order valence-corrected chi connectivity index (χ4v) is 2.97. The Hall–Kier alpha value is -0.500. The lowest BCUT2D eigenvalue weighted by Crippen LogP contribution is -2.24. The summed E-state index contributed by atoms with van der Waals surface area (Å²) in [6, 6.07) is 1.67. The van der Waals surface area contributed by atoms with Gasteiger partial charge in [-0.3, -0.25) is 0 Å². The summed E-state index contributed by atoms with van der Waals surface area (Å²) in [6.45, 7) is 4.00. The normalized spacial score (nSPS) is 11.9. The molecule has 1 heterocycles. The second-order valence-electron chi connectivity index (χ2n) is 3.89. The van der Waals surface area contributed by atoms with Gasteiger partial charge >= 0.3 is 0 Å². The summed E-state index contributed by atoms with van der Waals surface area (Å²) in [6.07, 6.45) is 4.38. The molecule has 0 amide bonds. The summed E-state index contributed by atoms with van der Waals surface area (Å²) in [7, 11) is -3.36. The molecule has 0 atom stereocenters. The first-order valence-electron chi connectivity index (χ1n) is 5.96. The molecule has 0 fully saturated rings. The summed E-state index contributed by atoms with van der Waals surface area (Å²) >= 11 is 1.71. The number of thioether (sulfide) groups is 1. The standard InChI is InChI=1S/C11H21N3O2S2/c1-3-12-8-10-7-11(9-13-10)18(15,16)14-5-4-6-17-2/h7,9,12-14H,3-6,8H2,1-2H3. The molecule has 104 valence electrons. The molecule has 0 aliphatic carbocycles. The van der Waals surface area contributed by atoms with Crippen LogP contribution in [-0.4, -0.2) is 38.5 Å². The van der Waals surface area contributed by atoms with Gasteiger partial charge in [-0.15, -0.1) is 0 Å². The molecule has 1 rings (SSSR count). The average Bonchev–Trinajstić information content (AvgIpc) is 2.81. The van der Waals surface area contributed by atoms with Gasteiger partial charge in [-0.2, -0.15) is 11.8 Å². The van der Waals surface area contributed by atoms with Crippen LogP contribution < -0.4 is 10.0 Å². The van der Waals surface area contributed by atoms with Crippen molar-refractivity contribution in [2.24, 2.45) is 0 Å². The lowest BCUT2D eigenvalue weighted by molar-refractivity contribution is 0.581. The molecule has 3 N–H and O–H groups in total. The zero-order valence-corrected chi connectivity index (χ0v) is 12.5. The van der Waals surface area contributed by atoms with Gasteiger partial charge in [0.05, 0.1) is 4.90 Å². The molecule has 0 saturated carbocycles. The highest BCUT2D eigenvalue weighted by atomic mass is 32.2. The Morgan fingerprint density at radius 2 is 2.22 bits per heavy atom. The molecule has 18 heavy (non-hydrogen) atoms. The topological polar surface area (TPSA) is 74.0 Å². The zero-order chi connectivity index (χ0) is 13.4. The first-order valence-corrected chi connectivity index (χ1v) is 8.84. The van der Waals surface area contributed by atoms with Crippen LogP contribution >= 0.6 is 11.8 Å². The van der Waals surface area contributed by atoms with Crippen LogP contribution in [0.15, 0.2) is 17.2 Å². The van der Waals surface area contributed by atoms with E-state index in [0.29, 0.717) is 18.0 Å². The maximum Gasteiger partial charge on any atom is 0.242 e. The predicted octanol–water partition coefficient (Wildman–Crippen LogP) is 1.16. The molecule has 0 bridgehead atoms. The van der Waals surface area contributed by atoms with Crippen molar-refractivity contribution in [3.8, 4) is 0 Å². The Kier molecular flexibility index (Phi) is 6.77. The van der Waals surface area contributed by atoms with Gasteiger partial charge in [0, 0.05) is 25.0 Å². The Balaban J connectivity index is 2.53. The Labute approximate surface area is 113 Å². The van der Waals surface area contributed by atoms with Crippen LogP contribution in [0.2, 0.25) is 0 Å². The lowest BCUT2D eigenvalue weighted by atomic mass is 10.4. The van der Waals surface area contributed by atoms with Crippen LogP contribution in [0.5, 0.6) is 0 Å². The van der Waals surface area contributed by atoms with E-state index in [1.54, 1.807) is 17.8 Å². The van der Waals surface area contributed by atoms with Gasteiger partial charge in [-0.1, -0.05) is 6.92 Å². The monoisotopic (exact) mass is 291 g/mol. The third-order valence-electron chi connectivity index (χ3n) is 2.41. The Bertz CT molecular complexity index is 443. The molecule has 5 nitrogen and oxygen atoms in total. The fourth-order valence-electron chi connectivity index (χ4n) is 1.44. The summed E-state index contributed by atoms with van der Waals surface area (Å²) in [5.74, 6) is 0.960. The van der Waals surface area contributed by atoms with Crippen molar-refractivity contribution < 1.29 is 8.42 Å². The first-order chi connectivity index (χ1) is 8.60. The second kappa shape index (κ2) is 7.83. The van der Waals surface area contributed by atoms with E-state index in [-0.39, 0.29) is 0 Å². The van der Waals surface area contributed by atoms with E-state index in [2.05, 4.69) is 15.0 Å². The van der Waals surface area contributed by atoms with Gasteiger partial charge in [0.2, 0.25) is 10.0 Å². The van der Waals surface area contributed by atoms with Crippen molar-refractivity contribution in [1.82, 2.24) is 15.0 Å². The van der Waals surface area contributed by atoms with E-state index >= 15 is 0 Å². The fraction of sp³-hybridized carbons (Fsp3) is 0.636. The summed E-state index contributed by atoms with van der Waals surface area (Å²) < 4.78 is 26.4. The van der Waals surface area contributed by atoms with Crippen LogP contribution in [0.3, 0.4) is 0 Å². The Morgan fingerprint density at radius 1 is 1.44 bits per heavy atom. The minimum atomic E-state index is -3.36. The average molecular weight is 291 g/mol. The number of sulfonamides is 1. The number of aromatic amines is 1. The molecule has 0 unspecified atom stereocenters. The number of hydrogen-bond acceptors (Lipinski definition) is 4. The third kappa shape index (κ3) is 5.01. The van der Waals surface area contributed by atoms with Gasteiger partial charge in [0.1, 0.15) is 0 Å². The van der Waals surface area contributed by atoms with Gasteiger partial charge < -0.3 is 10.3 Å². The first kappa shape index (κ1) is 15.6. The van der Waals surface area contributed by atoms with E-state index in [1.807, 2.05) is 13.2 Å². The number of aromatic nitrogens is 1. The van der Waals surface area contributed by atoms with Crippen LogP contribution in [-0.2, 0) is 16.6 Å². The number of H-pyrrole nitrogens is 1. The quantitative estimate of drug-likeness (QED) is 0.597. The van der Waals surface area contributed by atoms with Crippen molar-refractivity contribution in [2.75, 3.05) is 25.1 Å². The second-order valence-corrected chi connectivity index (χ2v) is 6.64. The lowest BCUT2D eigenvalue weighted by Gasteiger charge is -2.03. The highest BCUT2D eigenvalue weighted by Gasteiger charge is 2.14. The minimum absolute atomic E-state index is 0.305. The van der Waals surface area contributed by atoms with Gasteiger partial charge in [-0.05, 0) is 31.0 Å². The maximum atomic E-state index is 11.9. The number of rotatable bonds is 9. The molecule has 0 aromatic carbocycles. The van der Waals surface area contributed by atoms with Crippen LogP contribution in [0, 0.1) is 0 Å². The van der Waals surface area contributed by atoms with Crippen LogP contribution in [0.1, 0.15) is 19.0 Å². The largest absolute Gasteiger partial charge is 0.363 e. The van der Waals surface area contributed by atoms with E-state index in [9.17, 15) is 8.42 Å². The number of hydrogen-bond donors (Lipinski definition) is 3. The highest BCUT2D eigenvalue weighted by Crippen LogP contribution is 2.10. The third-order valence-corrected chi connectivity index (χ3v) is 4.55. The molecule has 7 heteroatoms. The van der Waals surface area contributed by atoms with Crippen molar-refractivity contribution in [3.63, 3.8) is 0 Å². The molecular formula is C11H21N3O2S2. The van der Waals surface area contributed by atoms with Crippen molar-refractivity contribution in [3.05, 3.63) is 18.0 Å². The van der Waals surface area contributed by atoms with E-state index in [1.165, 1.54) is 6.20 Å². The number of nitrogens with one attached hydrogen (secondary N) is 3. The van der Waals surface area contributed by atoms with Gasteiger partial charge in [0.15, 0.2) is 0 Å². The maximum absolute atomic E-state index is 11.9. The van der Waals surface area contributed by atoms with E-state index < -0.39 is 10.0 Å². The molecule has 0 saturated heterocycles. The molecule has 0 aliphatic rings. The molecule has 0 radical (unpaired) electrons. The zero-order valence-electron chi connectivity index (χ0n) is 10.8. The van der Waals surface area contributed by atoms with Crippen LogP contribution in [0.4, 0.5) is 0 Å². The van der Waals surface area contributed by atoms with Crippen molar-refractivity contribution in [1.29, 1.82) is 0 Å². The molecule has 0 spiro atoms.